The summed E-state index contributed by atoms with van der Waals surface area (Å²) in [5.41, 5.74) is 2.02. The second kappa shape index (κ2) is 5.50. The van der Waals surface area contributed by atoms with Crippen LogP contribution in [-0.4, -0.2) is 21.5 Å². The molecule has 17 heavy (non-hydrogen) atoms. The molecule has 1 aromatic carbocycles. The SMILES string of the molecule is Cn1ccc(COc2ccc(CCO)cc2)n1. The standard InChI is InChI=1S/C13H16N2O2/c1-15-8-6-12(14-15)10-17-13-4-2-11(3-5-13)7-9-16/h2-6,8,16H,7,9-10H2,1H3. The number of hydrogen-bond donors (Lipinski definition) is 1. The molecule has 90 valence electrons. The second-order valence-corrected chi connectivity index (χ2v) is 3.89. The van der Waals surface area contributed by atoms with Gasteiger partial charge in [-0.3, -0.25) is 4.68 Å². The van der Waals surface area contributed by atoms with Crippen LogP contribution in [0.5, 0.6) is 5.75 Å². The van der Waals surface area contributed by atoms with Crippen molar-refractivity contribution in [3.05, 3.63) is 47.8 Å². The molecular formula is C13H16N2O2. The van der Waals surface area contributed by atoms with Crippen LogP contribution in [0, 0.1) is 0 Å². The van der Waals surface area contributed by atoms with Gasteiger partial charge in [0.1, 0.15) is 12.4 Å². The molecule has 0 aliphatic carbocycles. The van der Waals surface area contributed by atoms with E-state index in [1.807, 2.05) is 43.6 Å². The number of hydrogen-bond acceptors (Lipinski definition) is 3. The van der Waals surface area contributed by atoms with Gasteiger partial charge in [0.05, 0.1) is 5.69 Å². The lowest BCUT2D eigenvalue weighted by molar-refractivity contribution is 0.296. The van der Waals surface area contributed by atoms with Crippen molar-refractivity contribution in [1.29, 1.82) is 0 Å². The Bertz CT molecular complexity index is 463. The molecule has 1 heterocycles. The number of rotatable bonds is 5. The maximum absolute atomic E-state index is 8.80. The van der Waals surface area contributed by atoms with Gasteiger partial charge in [0.2, 0.25) is 0 Å². The number of nitrogens with zero attached hydrogens (tertiary/aromatic N) is 2. The quantitative estimate of drug-likeness (QED) is 0.850. The summed E-state index contributed by atoms with van der Waals surface area (Å²) in [5, 5.41) is 13.0. The van der Waals surface area contributed by atoms with Crippen molar-refractivity contribution in [2.45, 2.75) is 13.0 Å². The van der Waals surface area contributed by atoms with E-state index in [9.17, 15) is 0 Å². The molecule has 0 unspecified atom stereocenters. The highest BCUT2D eigenvalue weighted by molar-refractivity contribution is 5.27. The van der Waals surface area contributed by atoms with Gasteiger partial charge in [0, 0.05) is 19.9 Å². The fourth-order valence-corrected chi connectivity index (χ4v) is 1.58. The number of benzene rings is 1. The molecule has 0 radical (unpaired) electrons. The molecule has 0 aliphatic rings. The van der Waals surface area contributed by atoms with E-state index >= 15 is 0 Å². The predicted molar refractivity (Wildman–Crippen MR) is 64.8 cm³/mol. The average molecular weight is 232 g/mol. The van der Waals surface area contributed by atoms with E-state index in [2.05, 4.69) is 5.10 Å². The number of aryl methyl sites for hydroxylation is 1. The Balaban J connectivity index is 1.90. The number of aromatic nitrogens is 2. The number of ether oxygens (including phenoxy) is 1. The summed E-state index contributed by atoms with van der Waals surface area (Å²) in [7, 11) is 1.88. The lowest BCUT2D eigenvalue weighted by Gasteiger charge is -2.05. The number of aliphatic hydroxyl groups is 1. The Kier molecular flexibility index (Phi) is 3.77. The molecule has 4 nitrogen and oxygen atoms in total. The Morgan fingerprint density at radius 2 is 2.00 bits per heavy atom. The van der Waals surface area contributed by atoms with Crippen LogP contribution in [0.4, 0.5) is 0 Å². The molecule has 0 saturated heterocycles. The van der Waals surface area contributed by atoms with E-state index in [0.717, 1.165) is 17.0 Å². The van der Waals surface area contributed by atoms with Gasteiger partial charge in [-0.15, -0.1) is 0 Å². The van der Waals surface area contributed by atoms with Gasteiger partial charge in [0.15, 0.2) is 0 Å². The maximum atomic E-state index is 8.80. The summed E-state index contributed by atoms with van der Waals surface area (Å²) in [6.45, 7) is 0.647. The molecule has 4 heteroatoms. The van der Waals surface area contributed by atoms with E-state index in [1.165, 1.54) is 0 Å². The Morgan fingerprint density at radius 3 is 2.59 bits per heavy atom. The molecule has 2 aromatic rings. The monoisotopic (exact) mass is 232 g/mol. The van der Waals surface area contributed by atoms with E-state index in [0.29, 0.717) is 13.0 Å². The Morgan fingerprint density at radius 1 is 1.24 bits per heavy atom. The third kappa shape index (κ3) is 3.32. The molecule has 0 atom stereocenters. The van der Waals surface area contributed by atoms with Crippen LogP contribution < -0.4 is 4.74 Å². The molecular weight excluding hydrogens is 216 g/mol. The van der Waals surface area contributed by atoms with Crippen molar-refractivity contribution < 1.29 is 9.84 Å². The Hall–Kier alpha value is -1.81. The number of aliphatic hydroxyl groups excluding tert-OH is 1. The van der Waals surface area contributed by atoms with Crippen LogP contribution in [0.3, 0.4) is 0 Å². The summed E-state index contributed by atoms with van der Waals surface area (Å²) in [6.07, 6.45) is 2.57. The fraction of sp³-hybridized carbons (Fsp3) is 0.308. The Labute approximate surface area is 100 Å². The summed E-state index contributed by atoms with van der Waals surface area (Å²) < 4.78 is 7.35. The van der Waals surface area contributed by atoms with E-state index < -0.39 is 0 Å². The van der Waals surface area contributed by atoms with Crippen LogP contribution in [0.1, 0.15) is 11.3 Å². The molecule has 0 fully saturated rings. The van der Waals surface area contributed by atoms with Crippen molar-refractivity contribution in [2.24, 2.45) is 7.05 Å². The van der Waals surface area contributed by atoms with Crippen molar-refractivity contribution in [3.8, 4) is 5.75 Å². The molecule has 2 rings (SSSR count). The largest absolute Gasteiger partial charge is 0.487 e. The molecule has 0 spiro atoms. The van der Waals surface area contributed by atoms with Gasteiger partial charge in [-0.25, -0.2) is 0 Å². The lowest BCUT2D eigenvalue weighted by atomic mass is 10.1. The van der Waals surface area contributed by atoms with Gasteiger partial charge in [0.25, 0.3) is 0 Å². The molecule has 0 aliphatic heterocycles. The van der Waals surface area contributed by atoms with Crippen molar-refractivity contribution in [3.63, 3.8) is 0 Å². The summed E-state index contributed by atoms with van der Waals surface area (Å²) in [6, 6.07) is 9.68. The first-order chi connectivity index (χ1) is 8.28. The zero-order valence-electron chi connectivity index (χ0n) is 9.84. The zero-order chi connectivity index (χ0) is 12.1. The summed E-state index contributed by atoms with van der Waals surface area (Å²) in [5.74, 6) is 0.817. The normalized spacial score (nSPS) is 10.5. The van der Waals surface area contributed by atoms with Gasteiger partial charge >= 0.3 is 0 Å². The molecule has 0 amide bonds. The van der Waals surface area contributed by atoms with Crippen molar-refractivity contribution in [2.75, 3.05) is 6.61 Å². The summed E-state index contributed by atoms with van der Waals surface area (Å²) >= 11 is 0. The van der Waals surface area contributed by atoms with E-state index in [-0.39, 0.29) is 6.61 Å². The van der Waals surface area contributed by atoms with Gasteiger partial charge in [-0.2, -0.15) is 5.10 Å². The van der Waals surface area contributed by atoms with Crippen LogP contribution in [-0.2, 0) is 20.1 Å². The topological polar surface area (TPSA) is 47.3 Å². The van der Waals surface area contributed by atoms with Crippen molar-refractivity contribution >= 4 is 0 Å². The first-order valence-corrected chi connectivity index (χ1v) is 5.59. The molecule has 0 bridgehead atoms. The van der Waals surface area contributed by atoms with E-state index in [4.69, 9.17) is 9.84 Å². The first-order valence-electron chi connectivity index (χ1n) is 5.59. The van der Waals surface area contributed by atoms with Crippen LogP contribution in [0.2, 0.25) is 0 Å². The minimum Gasteiger partial charge on any atom is -0.487 e. The fourth-order valence-electron chi connectivity index (χ4n) is 1.58. The third-order valence-electron chi connectivity index (χ3n) is 2.48. The highest BCUT2D eigenvalue weighted by Gasteiger charge is 1.99. The zero-order valence-corrected chi connectivity index (χ0v) is 9.84. The third-order valence-corrected chi connectivity index (χ3v) is 2.48. The maximum Gasteiger partial charge on any atom is 0.132 e. The minimum atomic E-state index is 0.175. The van der Waals surface area contributed by atoms with E-state index in [1.54, 1.807) is 4.68 Å². The van der Waals surface area contributed by atoms with Crippen LogP contribution in [0.25, 0.3) is 0 Å². The smallest absolute Gasteiger partial charge is 0.132 e. The van der Waals surface area contributed by atoms with Gasteiger partial charge in [-0.1, -0.05) is 12.1 Å². The average Bonchev–Trinajstić information content (AvgIpc) is 2.75. The first kappa shape index (κ1) is 11.7. The highest BCUT2D eigenvalue weighted by Crippen LogP contribution is 2.13. The van der Waals surface area contributed by atoms with Crippen molar-refractivity contribution in [1.82, 2.24) is 9.78 Å². The van der Waals surface area contributed by atoms with Gasteiger partial charge < -0.3 is 9.84 Å². The lowest BCUT2D eigenvalue weighted by Crippen LogP contribution is -1.98. The molecule has 1 aromatic heterocycles. The second-order valence-electron chi connectivity index (χ2n) is 3.89. The van der Waals surface area contributed by atoms with Crippen LogP contribution in [0.15, 0.2) is 36.5 Å². The predicted octanol–water partition coefficient (Wildman–Crippen LogP) is 1.53. The van der Waals surface area contributed by atoms with Gasteiger partial charge in [-0.05, 0) is 30.2 Å². The van der Waals surface area contributed by atoms with Crippen LogP contribution >= 0.6 is 0 Å². The molecule has 0 saturated carbocycles. The molecule has 1 N–H and O–H groups in total. The summed E-state index contributed by atoms with van der Waals surface area (Å²) in [4.78, 5) is 0. The highest BCUT2D eigenvalue weighted by atomic mass is 16.5. The minimum absolute atomic E-state index is 0.175.